The van der Waals surface area contributed by atoms with Crippen LogP contribution < -0.4 is 5.48 Å². The third-order valence-corrected chi connectivity index (χ3v) is 4.09. The largest absolute Gasteiger partial charge is 0.505 e. The van der Waals surface area contributed by atoms with E-state index in [2.05, 4.69) is 12.1 Å². The fourth-order valence-electron chi connectivity index (χ4n) is 2.74. The predicted molar refractivity (Wildman–Crippen MR) is 91.6 cm³/mol. The number of aromatic hydroxyl groups is 2. The van der Waals surface area contributed by atoms with Crippen LogP contribution in [0.1, 0.15) is 70.3 Å². The van der Waals surface area contributed by atoms with Gasteiger partial charge in [-0.1, -0.05) is 58.3 Å². The lowest BCUT2D eigenvalue weighted by Gasteiger charge is -2.12. The molecule has 0 atom stereocenters. The van der Waals surface area contributed by atoms with Crippen molar-refractivity contribution in [2.24, 2.45) is 5.18 Å². The van der Waals surface area contributed by atoms with Crippen molar-refractivity contribution in [3.05, 3.63) is 16.5 Å². The fraction of sp³-hybridized carbons (Fsp3) is 0.647. The minimum absolute atomic E-state index is 0.0270. The van der Waals surface area contributed by atoms with Gasteiger partial charge < -0.3 is 10.2 Å². The molecule has 6 heteroatoms. The van der Waals surface area contributed by atoms with E-state index in [1.165, 1.54) is 38.5 Å². The molecule has 130 valence electrons. The van der Waals surface area contributed by atoms with Gasteiger partial charge in [-0.05, 0) is 18.0 Å². The van der Waals surface area contributed by atoms with Gasteiger partial charge in [-0.2, -0.15) is 0 Å². The average molecular weight is 324 g/mol. The Balaban J connectivity index is 2.42. The first-order valence-corrected chi connectivity index (χ1v) is 8.47. The summed E-state index contributed by atoms with van der Waals surface area (Å²) in [6.45, 7) is 2.21. The van der Waals surface area contributed by atoms with Crippen LogP contribution in [0.2, 0.25) is 0 Å². The van der Waals surface area contributed by atoms with Crippen molar-refractivity contribution >= 4 is 11.4 Å². The van der Waals surface area contributed by atoms with Crippen molar-refractivity contribution in [3.8, 4) is 11.5 Å². The highest BCUT2D eigenvalue weighted by Crippen LogP contribution is 2.42. The van der Waals surface area contributed by atoms with Gasteiger partial charge in [0, 0.05) is 11.6 Å². The molecule has 23 heavy (non-hydrogen) atoms. The number of rotatable bonds is 12. The molecule has 0 saturated carbocycles. The molecule has 6 nitrogen and oxygen atoms in total. The Kier molecular flexibility index (Phi) is 9.05. The highest BCUT2D eigenvalue weighted by atomic mass is 16.5. The van der Waals surface area contributed by atoms with Gasteiger partial charge in [0.05, 0.1) is 0 Å². The lowest BCUT2D eigenvalue weighted by molar-refractivity contribution is 0.378. The first-order valence-electron chi connectivity index (χ1n) is 8.47. The first-order chi connectivity index (χ1) is 11.2. The van der Waals surface area contributed by atoms with Gasteiger partial charge in [0.2, 0.25) is 0 Å². The molecule has 0 heterocycles. The summed E-state index contributed by atoms with van der Waals surface area (Å²) in [6.07, 6.45) is 10.9. The lowest BCUT2D eigenvalue weighted by atomic mass is 10.0. The summed E-state index contributed by atoms with van der Waals surface area (Å²) in [6, 6.07) is 1.08. The summed E-state index contributed by atoms with van der Waals surface area (Å²) in [7, 11) is 0. The minimum atomic E-state index is -0.347. The molecule has 0 saturated heterocycles. The Morgan fingerprint density at radius 2 is 1.57 bits per heavy atom. The first kappa shape index (κ1) is 19.2. The maximum absolute atomic E-state index is 10.9. The Morgan fingerprint density at radius 3 is 2.09 bits per heavy atom. The quantitative estimate of drug-likeness (QED) is 0.136. The van der Waals surface area contributed by atoms with Crippen LogP contribution in [0.25, 0.3) is 0 Å². The van der Waals surface area contributed by atoms with Crippen molar-refractivity contribution < 1.29 is 15.4 Å². The van der Waals surface area contributed by atoms with Crippen LogP contribution in [-0.4, -0.2) is 15.4 Å². The molecule has 4 N–H and O–H groups in total. The summed E-state index contributed by atoms with van der Waals surface area (Å²) in [4.78, 5) is 10.9. The summed E-state index contributed by atoms with van der Waals surface area (Å²) < 4.78 is 0. The van der Waals surface area contributed by atoms with E-state index in [1.807, 2.05) is 5.48 Å². The fourth-order valence-corrected chi connectivity index (χ4v) is 2.74. The highest BCUT2D eigenvalue weighted by Gasteiger charge is 2.17. The zero-order valence-corrected chi connectivity index (χ0v) is 13.8. The van der Waals surface area contributed by atoms with Crippen molar-refractivity contribution in [2.45, 2.75) is 71.1 Å². The standard InChI is InChI=1S/C17H28N2O4/c1-2-3-4-5-6-7-8-9-10-11-13-16(19-23)15(20)12-14(18-22)17(13)21/h12,18,20-22H,2-11H2,1H3. The zero-order valence-electron chi connectivity index (χ0n) is 13.8. The average Bonchev–Trinajstić information content (AvgIpc) is 2.55. The van der Waals surface area contributed by atoms with E-state index < -0.39 is 0 Å². The highest BCUT2D eigenvalue weighted by molar-refractivity contribution is 5.72. The molecule has 1 aromatic carbocycles. The van der Waals surface area contributed by atoms with Gasteiger partial charge in [0.25, 0.3) is 0 Å². The van der Waals surface area contributed by atoms with E-state index in [0.29, 0.717) is 6.42 Å². The number of hydrogen-bond acceptors (Lipinski definition) is 6. The minimum Gasteiger partial charge on any atom is -0.505 e. The van der Waals surface area contributed by atoms with Gasteiger partial charge in [-0.3, -0.25) is 10.7 Å². The molecule has 0 radical (unpaired) electrons. The van der Waals surface area contributed by atoms with E-state index in [9.17, 15) is 15.1 Å². The van der Waals surface area contributed by atoms with E-state index in [-0.39, 0.29) is 28.4 Å². The van der Waals surface area contributed by atoms with Crippen LogP contribution in [0.4, 0.5) is 11.4 Å². The number of nitrogens with one attached hydrogen (secondary N) is 1. The molecule has 0 spiro atoms. The van der Waals surface area contributed by atoms with Crippen molar-refractivity contribution in [1.82, 2.24) is 0 Å². The third-order valence-electron chi connectivity index (χ3n) is 4.09. The zero-order chi connectivity index (χ0) is 17.1. The molecule has 1 rings (SSSR count). The van der Waals surface area contributed by atoms with Crippen LogP contribution in [-0.2, 0) is 6.42 Å². The second kappa shape index (κ2) is 10.8. The van der Waals surface area contributed by atoms with E-state index in [0.717, 1.165) is 25.3 Å². The molecule has 0 fully saturated rings. The number of unbranched alkanes of at least 4 members (excludes halogenated alkanes) is 8. The number of hydrogen-bond donors (Lipinski definition) is 4. The van der Waals surface area contributed by atoms with Gasteiger partial charge in [-0.15, -0.1) is 4.91 Å². The van der Waals surface area contributed by atoms with E-state index in [4.69, 9.17) is 5.21 Å². The molecule has 1 aromatic rings. The van der Waals surface area contributed by atoms with Crippen LogP contribution in [0.15, 0.2) is 11.2 Å². The molecule has 0 bridgehead atoms. The predicted octanol–water partition coefficient (Wildman–Crippen LogP) is 5.37. The van der Waals surface area contributed by atoms with Crippen molar-refractivity contribution in [1.29, 1.82) is 0 Å². The van der Waals surface area contributed by atoms with E-state index in [1.54, 1.807) is 0 Å². The number of nitroso groups, excluding NO2 is 1. The molecular weight excluding hydrogens is 296 g/mol. The Bertz CT molecular complexity index is 492. The molecule has 0 amide bonds. The summed E-state index contributed by atoms with van der Waals surface area (Å²) >= 11 is 0. The molecule has 0 aliphatic rings. The number of phenolic OH excluding ortho intramolecular Hbond substituents is 2. The smallest absolute Gasteiger partial charge is 0.156 e. The number of phenols is 2. The molecular formula is C17H28N2O4. The second-order valence-electron chi connectivity index (χ2n) is 5.90. The normalized spacial score (nSPS) is 10.7. The van der Waals surface area contributed by atoms with Gasteiger partial charge in [-0.25, -0.2) is 0 Å². The lowest BCUT2D eigenvalue weighted by Crippen LogP contribution is -1.95. The molecule has 0 aromatic heterocycles. The summed E-state index contributed by atoms with van der Waals surface area (Å²) in [5.74, 6) is -0.584. The number of nitrogens with zero attached hydrogens (tertiary/aromatic N) is 1. The van der Waals surface area contributed by atoms with Crippen LogP contribution >= 0.6 is 0 Å². The van der Waals surface area contributed by atoms with Crippen molar-refractivity contribution in [3.63, 3.8) is 0 Å². The Labute approximate surface area is 137 Å². The third kappa shape index (κ3) is 6.06. The van der Waals surface area contributed by atoms with E-state index >= 15 is 0 Å². The van der Waals surface area contributed by atoms with Gasteiger partial charge in [0.1, 0.15) is 17.2 Å². The number of anilines is 1. The SMILES string of the molecule is CCCCCCCCCCCc1c(O)c(NO)cc(O)c1N=O. The molecule has 0 aliphatic heterocycles. The van der Waals surface area contributed by atoms with Gasteiger partial charge >= 0.3 is 0 Å². The van der Waals surface area contributed by atoms with Crippen LogP contribution in [0, 0.1) is 4.91 Å². The van der Waals surface area contributed by atoms with Crippen molar-refractivity contribution in [2.75, 3.05) is 5.48 Å². The topological polar surface area (TPSA) is 102 Å². The Hall–Kier alpha value is -1.82. The van der Waals surface area contributed by atoms with Crippen LogP contribution in [0.3, 0.4) is 0 Å². The molecule has 0 unspecified atom stereocenters. The van der Waals surface area contributed by atoms with Gasteiger partial charge in [0.15, 0.2) is 5.69 Å². The summed E-state index contributed by atoms with van der Waals surface area (Å²) in [5.41, 5.74) is 1.91. The molecule has 0 aliphatic carbocycles. The monoisotopic (exact) mass is 324 g/mol. The Morgan fingerprint density at radius 1 is 1.00 bits per heavy atom. The number of benzene rings is 1. The maximum atomic E-state index is 10.9. The maximum Gasteiger partial charge on any atom is 0.156 e. The van der Waals surface area contributed by atoms with Crippen LogP contribution in [0.5, 0.6) is 11.5 Å². The summed E-state index contributed by atoms with van der Waals surface area (Å²) in [5, 5.41) is 31.5. The second-order valence-corrected chi connectivity index (χ2v) is 5.90.